The Hall–Kier alpha value is -4.69. The zero-order chi connectivity index (χ0) is 27.6. The number of fused-ring (bicyclic) bond motifs is 1. The first-order valence-electron chi connectivity index (χ1n) is 11.6. The number of carbonyl (C=O) groups is 1. The summed E-state index contributed by atoms with van der Waals surface area (Å²) in [7, 11) is 1.21. The van der Waals surface area contributed by atoms with E-state index in [4.69, 9.17) is 19.9 Å². The van der Waals surface area contributed by atoms with E-state index in [1.54, 1.807) is 38.1 Å². The molecule has 0 spiro atoms. The average Bonchev–Trinajstić information content (AvgIpc) is 3.22. The number of allylic oxidation sites excluding steroid dienone is 1. The Morgan fingerprint density at radius 2 is 1.76 bits per heavy atom. The molecular formula is C27H25N3O7S. The third-order valence-corrected chi connectivity index (χ3v) is 6.98. The quantitative estimate of drug-likeness (QED) is 0.383. The molecule has 11 heteroatoms. The number of thiazole rings is 1. The van der Waals surface area contributed by atoms with Crippen LogP contribution in [0.4, 0.5) is 0 Å². The minimum Gasteiger partial charge on any atom is -0.504 e. The summed E-state index contributed by atoms with van der Waals surface area (Å²) in [5.41, 5.74) is 6.88. The SMILES string of the molecule is CCOc1cc(/C=c2/sc3n(c2=O)C(N)=C(C#N)[C@@H](c2ccc(O)c(OCC)c2)C=3C(=O)OC)ccc1O. The van der Waals surface area contributed by atoms with Crippen molar-refractivity contribution in [1.82, 2.24) is 4.57 Å². The van der Waals surface area contributed by atoms with Crippen LogP contribution in [0, 0.1) is 11.3 Å². The van der Waals surface area contributed by atoms with Crippen molar-refractivity contribution in [3.63, 3.8) is 0 Å². The van der Waals surface area contributed by atoms with Crippen molar-refractivity contribution in [2.45, 2.75) is 19.8 Å². The average molecular weight is 536 g/mol. The number of methoxy groups -OCH3 is 1. The van der Waals surface area contributed by atoms with Crippen molar-refractivity contribution in [1.29, 1.82) is 5.26 Å². The molecule has 4 rings (SSSR count). The van der Waals surface area contributed by atoms with Crippen molar-refractivity contribution in [3.05, 3.63) is 72.6 Å². The fourth-order valence-electron chi connectivity index (χ4n) is 4.21. The van der Waals surface area contributed by atoms with E-state index in [9.17, 15) is 25.1 Å². The molecule has 196 valence electrons. The largest absolute Gasteiger partial charge is 0.504 e. The molecule has 38 heavy (non-hydrogen) atoms. The number of ether oxygens (including phenoxy) is 3. The number of aromatic nitrogens is 1. The van der Waals surface area contributed by atoms with Gasteiger partial charge in [-0.3, -0.25) is 9.36 Å². The van der Waals surface area contributed by atoms with Gasteiger partial charge >= 0.3 is 5.97 Å². The lowest BCUT2D eigenvalue weighted by Crippen LogP contribution is -2.40. The van der Waals surface area contributed by atoms with Crippen molar-refractivity contribution < 1.29 is 29.2 Å². The van der Waals surface area contributed by atoms with Crippen molar-refractivity contribution in [2.24, 2.45) is 5.73 Å². The van der Waals surface area contributed by atoms with E-state index in [1.165, 1.54) is 25.3 Å². The van der Waals surface area contributed by atoms with Crippen LogP contribution in [0.3, 0.4) is 0 Å². The highest BCUT2D eigenvalue weighted by Gasteiger charge is 2.36. The molecule has 0 fully saturated rings. The van der Waals surface area contributed by atoms with E-state index in [2.05, 4.69) is 0 Å². The van der Waals surface area contributed by atoms with Crippen LogP contribution in [-0.4, -0.2) is 41.1 Å². The number of carbonyl (C=O) groups excluding carboxylic acids is 1. The lowest BCUT2D eigenvalue weighted by Gasteiger charge is -2.24. The molecule has 1 aliphatic rings. The maximum atomic E-state index is 13.5. The van der Waals surface area contributed by atoms with Gasteiger partial charge in [0.15, 0.2) is 23.0 Å². The molecule has 1 aromatic heterocycles. The van der Waals surface area contributed by atoms with E-state index in [-0.39, 0.29) is 55.8 Å². The third-order valence-electron chi connectivity index (χ3n) is 5.87. The standard InChI is InChI=1S/C27H25N3O7S/c1-4-36-19-10-14(6-8-17(19)31)11-21-25(33)30-24(29)16(13-28)22(23(26(30)38-21)27(34)35-3)15-7-9-18(32)20(12-15)37-5-2/h6-12,22,31-32H,4-5,29H2,1-3H3/b21-11+/t22-/m1/s1. The second-order valence-electron chi connectivity index (χ2n) is 8.13. The summed E-state index contributed by atoms with van der Waals surface area (Å²) in [6.07, 6.45) is 1.58. The number of benzene rings is 2. The molecule has 0 saturated heterocycles. The molecule has 0 bridgehead atoms. The van der Waals surface area contributed by atoms with Gasteiger partial charge in [0.25, 0.3) is 5.56 Å². The molecule has 0 aliphatic carbocycles. The summed E-state index contributed by atoms with van der Waals surface area (Å²) in [6, 6.07) is 11.2. The zero-order valence-corrected chi connectivity index (χ0v) is 21.7. The van der Waals surface area contributed by atoms with Crippen molar-refractivity contribution in [2.75, 3.05) is 20.3 Å². The Morgan fingerprint density at radius 3 is 2.37 bits per heavy atom. The number of phenolic OH excluding ortho intramolecular Hbond substituents is 2. The lowest BCUT2D eigenvalue weighted by molar-refractivity contribution is -0.134. The number of rotatable bonds is 7. The molecule has 0 unspecified atom stereocenters. The molecule has 2 aromatic carbocycles. The van der Waals surface area contributed by atoms with Gasteiger partial charge in [-0.1, -0.05) is 12.1 Å². The molecule has 10 nitrogen and oxygen atoms in total. The van der Waals surface area contributed by atoms with Crippen LogP contribution in [0.25, 0.3) is 17.5 Å². The zero-order valence-electron chi connectivity index (χ0n) is 20.8. The molecule has 0 radical (unpaired) electrons. The monoisotopic (exact) mass is 535 g/mol. The van der Waals surface area contributed by atoms with E-state index in [0.29, 0.717) is 17.7 Å². The summed E-state index contributed by atoms with van der Waals surface area (Å²) in [6.45, 7) is 4.16. The van der Waals surface area contributed by atoms with Gasteiger partial charge in [0, 0.05) is 0 Å². The number of aromatic hydroxyl groups is 2. The highest BCUT2D eigenvalue weighted by molar-refractivity contribution is 7.07. The predicted molar refractivity (Wildman–Crippen MR) is 141 cm³/mol. The van der Waals surface area contributed by atoms with Crippen molar-refractivity contribution >= 4 is 34.8 Å². The first-order valence-corrected chi connectivity index (χ1v) is 12.4. The van der Waals surface area contributed by atoms with Gasteiger partial charge in [-0.15, -0.1) is 11.3 Å². The van der Waals surface area contributed by atoms with Crippen LogP contribution in [0.15, 0.2) is 46.8 Å². The molecule has 0 saturated carbocycles. The van der Waals surface area contributed by atoms with Crippen LogP contribution in [-0.2, 0) is 9.53 Å². The van der Waals surface area contributed by atoms with Gasteiger partial charge in [-0.05, 0) is 55.3 Å². The molecule has 3 aromatic rings. The Morgan fingerprint density at radius 1 is 1.13 bits per heavy atom. The number of phenols is 2. The van der Waals surface area contributed by atoms with Gasteiger partial charge in [-0.25, -0.2) is 4.79 Å². The minimum absolute atomic E-state index is 0.0271. The van der Waals surface area contributed by atoms with E-state index < -0.39 is 17.4 Å². The lowest BCUT2D eigenvalue weighted by atomic mass is 9.83. The number of nitriles is 1. The molecular weight excluding hydrogens is 510 g/mol. The second-order valence-corrected chi connectivity index (χ2v) is 9.16. The summed E-state index contributed by atoms with van der Waals surface area (Å²) in [4.78, 5) is 26.6. The van der Waals surface area contributed by atoms with Gasteiger partial charge in [-0.2, -0.15) is 5.26 Å². The second kappa shape index (κ2) is 10.7. The molecule has 2 heterocycles. The van der Waals surface area contributed by atoms with Crippen LogP contribution < -0.4 is 30.0 Å². The molecule has 1 atom stereocenters. The van der Waals surface area contributed by atoms with E-state index in [0.717, 1.165) is 15.9 Å². The minimum atomic E-state index is -0.976. The van der Waals surface area contributed by atoms with Crippen LogP contribution >= 0.6 is 11.3 Å². The number of hydrogen-bond acceptors (Lipinski definition) is 10. The van der Waals surface area contributed by atoms with Crippen LogP contribution in [0.5, 0.6) is 23.0 Å². The Balaban J connectivity index is 2.04. The van der Waals surface area contributed by atoms with E-state index >= 15 is 0 Å². The number of esters is 1. The molecule has 0 amide bonds. The summed E-state index contributed by atoms with van der Waals surface area (Å²) < 4.78 is 17.5. The van der Waals surface area contributed by atoms with Gasteiger partial charge in [0.1, 0.15) is 10.5 Å². The Kier molecular flexibility index (Phi) is 7.45. The summed E-state index contributed by atoms with van der Waals surface area (Å²) in [5.74, 6) is -1.55. The van der Waals surface area contributed by atoms with Gasteiger partial charge in [0.05, 0.1) is 48.0 Å². The van der Waals surface area contributed by atoms with Crippen LogP contribution in [0.1, 0.15) is 30.9 Å². The first kappa shape index (κ1) is 26.4. The first-order chi connectivity index (χ1) is 18.2. The molecule has 1 aliphatic heterocycles. The fourth-order valence-corrected chi connectivity index (χ4v) is 5.38. The highest BCUT2D eigenvalue weighted by Crippen LogP contribution is 2.40. The van der Waals surface area contributed by atoms with Crippen LogP contribution in [0.2, 0.25) is 0 Å². The Bertz CT molecular complexity index is 1680. The maximum absolute atomic E-state index is 13.5. The van der Waals surface area contributed by atoms with E-state index in [1.807, 2.05) is 6.07 Å². The number of hydrogen-bond donors (Lipinski definition) is 3. The number of nitrogens with zero attached hydrogens (tertiary/aromatic N) is 2. The van der Waals surface area contributed by atoms with Crippen molar-refractivity contribution in [3.8, 4) is 29.1 Å². The molecule has 4 N–H and O–H groups in total. The normalized spacial score (nSPS) is 15.2. The topological polar surface area (TPSA) is 157 Å². The fraction of sp³-hybridized carbons (Fsp3) is 0.222. The van der Waals surface area contributed by atoms with Gasteiger partial charge in [0.2, 0.25) is 0 Å². The van der Waals surface area contributed by atoms with Gasteiger partial charge < -0.3 is 30.2 Å². The summed E-state index contributed by atoms with van der Waals surface area (Å²) in [5, 5.41) is 30.2. The third kappa shape index (κ3) is 4.57. The number of nitrogens with two attached hydrogens (primary N) is 1. The maximum Gasteiger partial charge on any atom is 0.337 e. The predicted octanol–water partition coefficient (Wildman–Crippen LogP) is 1.72. The smallest absolute Gasteiger partial charge is 0.337 e. The highest BCUT2D eigenvalue weighted by atomic mass is 32.1. The summed E-state index contributed by atoms with van der Waals surface area (Å²) >= 11 is 1.01. The Labute approximate surface area is 221 Å².